The lowest BCUT2D eigenvalue weighted by molar-refractivity contribution is -0.137. The first kappa shape index (κ1) is 16.6. The van der Waals surface area contributed by atoms with Gasteiger partial charge >= 0.3 is 6.18 Å². The largest absolute Gasteiger partial charge is 0.417 e. The minimum Gasteiger partial charge on any atom is -0.381 e. The number of nitrogens with zero attached hydrogens (tertiary/aromatic N) is 2. The molecular weight excluding hydrogens is 323 g/mol. The highest BCUT2D eigenvalue weighted by Crippen LogP contribution is 2.44. The molecule has 0 saturated carbocycles. The summed E-state index contributed by atoms with van der Waals surface area (Å²) in [6.45, 7) is 1.61. The summed E-state index contributed by atoms with van der Waals surface area (Å²) in [4.78, 5) is 13.8. The number of alkyl halides is 3. The Morgan fingerprint density at radius 1 is 1.46 bits per heavy atom. The van der Waals surface area contributed by atoms with Crippen LogP contribution in [0, 0.1) is 22.7 Å². The number of ether oxygens (including phenoxy) is 1. The van der Waals surface area contributed by atoms with E-state index in [9.17, 15) is 18.0 Å². The number of primary amides is 1. The smallest absolute Gasteiger partial charge is 0.381 e. The molecule has 0 aromatic heterocycles. The van der Waals surface area contributed by atoms with Crippen LogP contribution in [-0.4, -0.2) is 32.2 Å². The van der Waals surface area contributed by atoms with E-state index in [2.05, 4.69) is 0 Å². The lowest BCUT2D eigenvalue weighted by Crippen LogP contribution is -2.48. The number of hydrogen-bond acceptors (Lipinski definition) is 4. The second-order valence-corrected chi connectivity index (χ2v) is 6.26. The summed E-state index contributed by atoms with van der Waals surface area (Å²) in [6, 6.07) is 5.05. The number of nitrogens with two attached hydrogens (primary N) is 1. The Labute approximate surface area is 136 Å². The molecule has 5 nitrogen and oxygen atoms in total. The van der Waals surface area contributed by atoms with Crippen molar-refractivity contribution in [1.29, 1.82) is 5.26 Å². The van der Waals surface area contributed by atoms with E-state index in [0.29, 0.717) is 38.4 Å². The molecule has 1 aromatic rings. The molecule has 2 N–H and O–H groups in total. The van der Waals surface area contributed by atoms with Crippen LogP contribution in [0.1, 0.15) is 17.5 Å². The van der Waals surface area contributed by atoms with Gasteiger partial charge in [-0.25, -0.2) is 0 Å². The lowest BCUT2D eigenvalue weighted by atomic mass is 9.74. The number of carbonyl (C=O) groups excluding carboxylic acids is 1. The third-order valence-electron chi connectivity index (χ3n) is 4.99. The number of anilines is 1. The standard InChI is InChI=1S/C16H16F3N3O2/c17-16(18,19)13-2-1-12(5-10(13)6-20)22-7-11-8-24-4-3-15(11,9-22)14(21)23/h1-2,5,11H,3-4,7-9H2,(H2,21,23)/t11-,15+/m1/s1. The Kier molecular flexibility index (Phi) is 3.92. The van der Waals surface area contributed by atoms with Gasteiger partial charge in [-0.15, -0.1) is 0 Å². The van der Waals surface area contributed by atoms with Crippen molar-refractivity contribution in [3.05, 3.63) is 29.3 Å². The maximum atomic E-state index is 12.9. The maximum absolute atomic E-state index is 12.9. The van der Waals surface area contributed by atoms with Gasteiger partial charge in [-0.05, 0) is 24.6 Å². The zero-order chi connectivity index (χ0) is 17.5. The Balaban J connectivity index is 1.94. The number of rotatable bonds is 2. The lowest BCUT2D eigenvalue weighted by Gasteiger charge is -2.35. The zero-order valence-electron chi connectivity index (χ0n) is 12.8. The average molecular weight is 339 g/mol. The number of carbonyl (C=O) groups is 1. The molecule has 0 unspecified atom stereocenters. The van der Waals surface area contributed by atoms with Gasteiger partial charge in [0.25, 0.3) is 0 Å². The SMILES string of the molecule is N#Cc1cc(N2C[C@@H]3COCC[C@]3(C(N)=O)C2)ccc1C(F)(F)F. The van der Waals surface area contributed by atoms with Crippen LogP contribution >= 0.6 is 0 Å². The van der Waals surface area contributed by atoms with E-state index in [0.717, 1.165) is 6.07 Å². The molecule has 2 fully saturated rings. The second kappa shape index (κ2) is 5.67. The minimum atomic E-state index is -4.58. The van der Waals surface area contributed by atoms with Gasteiger partial charge in [0.2, 0.25) is 5.91 Å². The molecule has 0 aliphatic carbocycles. The second-order valence-electron chi connectivity index (χ2n) is 6.26. The van der Waals surface area contributed by atoms with E-state index in [4.69, 9.17) is 15.7 Å². The van der Waals surface area contributed by atoms with Crippen molar-refractivity contribution in [2.75, 3.05) is 31.2 Å². The highest BCUT2D eigenvalue weighted by molar-refractivity contribution is 5.83. The van der Waals surface area contributed by atoms with Gasteiger partial charge in [-0.3, -0.25) is 4.79 Å². The fourth-order valence-electron chi connectivity index (χ4n) is 3.62. The van der Waals surface area contributed by atoms with Crippen molar-refractivity contribution in [2.24, 2.45) is 17.1 Å². The first-order valence-electron chi connectivity index (χ1n) is 7.52. The summed E-state index contributed by atoms with van der Waals surface area (Å²) in [7, 11) is 0. The Hall–Kier alpha value is -2.27. The number of fused-ring (bicyclic) bond motifs is 1. The van der Waals surface area contributed by atoms with E-state index >= 15 is 0 Å². The summed E-state index contributed by atoms with van der Waals surface area (Å²) >= 11 is 0. The molecule has 2 saturated heterocycles. The van der Waals surface area contributed by atoms with Gasteiger partial charge in [-0.2, -0.15) is 18.4 Å². The number of halogens is 3. The molecule has 2 heterocycles. The summed E-state index contributed by atoms with van der Waals surface area (Å²) in [5.41, 5.74) is 3.96. The molecule has 8 heteroatoms. The summed E-state index contributed by atoms with van der Waals surface area (Å²) < 4.78 is 44.1. The number of amides is 1. The molecule has 0 radical (unpaired) electrons. The monoisotopic (exact) mass is 339 g/mol. The van der Waals surface area contributed by atoms with E-state index in [-0.39, 0.29) is 5.92 Å². The molecule has 0 spiro atoms. The fraction of sp³-hybridized carbons (Fsp3) is 0.500. The Bertz CT molecular complexity index is 713. The van der Waals surface area contributed by atoms with Crippen molar-refractivity contribution >= 4 is 11.6 Å². The molecule has 128 valence electrons. The van der Waals surface area contributed by atoms with Gasteiger partial charge in [0.05, 0.1) is 29.2 Å². The fourth-order valence-corrected chi connectivity index (χ4v) is 3.62. The van der Waals surface area contributed by atoms with Crippen LogP contribution in [0.15, 0.2) is 18.2 Å². The van der Waals surface area contributed by atoms with Crippen LogP contribution in [0.2, 0.25) is 0 Å². The molecule has 1 aromatic carbocycles. The van der Waals surface area contributed by atoms with Crippen LogP contribution in [0.4, 0.5) is 18.9 Å². The molecule has 0 bridgehead atoms. The van der Waals surface area contributed by atoms with Crippen molar-refractivity contribution < 1.29 is 22.7 Å². The third-order valence-corrected chi connectivity index (χ3v) is 4.99. The number of benzene rings is 1. The average Bonchev–Trinajstić information content (AvgIpc) is 2.94. The highest BCUT2D eigenvalue weighted by atomic mass is 19.4. The van der Waals surface area contributed by atoms with Crippen molar-refractivity contribution in [3.8, 4) is 6.07 Å². The molecule has 2 aliphatic heterocycles. The molecule has 3 rings (SSSR count). The van der Waals surface area contributed by atoms with Crippen LogP contribution in [0.5, 0.6) is 0 Å². The van der Waals surface area contributed by atoms with Crippen molar-refractivity contribution in [2.45, 2.75) is 12.6 Å². The predicted octanol–water partition coefficient (Wildman–Crippen LogP) is 1.91. The third kappa shape index (κ3) is 2.59. The van der Waals surface area contributed by atoms with Crippen LogP contribution < -0.4 is 10.6 Å². The molecule has 1 amide bonds. The summed E-state index contributed by atoms with van der Waals surface area (Å²) in [6.07, 6.45) is -4.08. The van der Waals surface area contributed by atoms with Crippen LogP contribution in [0.3, 0.4) is 0 Å². The van der Waals surface area contributed by atoms with Gasteiger partial charge in [-0.1, -0.05) is 0 Å². The molecular formula is C16H16F3N3O2. The Morgan fingerprint density at radius 2 is 2.21 bits per heavy atom. The molecule has 2 aliphatic rings. The maximum Gasteiger partial charge on any atom is 0.417 e. The summed E-state index contributed by atoms with van der Waals surface area (Å²) in [5.74, 6) is -0.512. The van der Waals surface area contributed by atoms with Crippen LogP contribution in [0.25, 0.3) is 0 Å². The topological polar surface area (TPSA) is 79.3 Å². The van der Waals surface area contributed by atoms with Gasteiger partial charge in [0.15, 0.2) is 0 Å². The van der Waals surface area contributed by atoms with E-state index < -0.39 is 28.6 Å². The van der Waals surface area contributed by atoms with E-state index in [1.165, 1.54) is 12.1 Å². The molecule has 2 atom stereocenters. The van der Waals surface area contributed by atoms with Crippen LogP contribution in [-0.2, 0) is 15.7 Å². The van der Waals surface area contributed by atoms with E-state index in [1.807, 2.05) is 4.90 Å². The first-order valence-corrected chi connectivity index (χ1v) is 7.52. The summed E-state index contributed by atoms with van der Waals surface area (Å²) in [5, 5.41) is 9.03. The zero-order valence-corrected chi connectivity index (χ0v) is 12.8. The van der Waals surface area contributed by atoms with Gasteiger partial charge in [0, 0.05) is 31.3 Å². The van der Waals surface area contributed by atoms with Gasteiger partial charge in [0.1, 0.15) is 0 Å². The highest BCUT2D eigenvalue weighted by Gasteiger charge is 2.52. The Morgan fingerprint density at radius 3 is 2.79 bits per heavy atom. The van der Waals surface area contributed by atoms with Gasteiger partial charge < -0.3 is 15.4 Å². The van der Waals surface area contributed by atoms with Crippen molar-refractivity contribution in [1.82, 2.24) is 0 Å². The van der Waals surface area contributed by atoms with E-state index in [1.54, 1.807) is 6.07 Å². The number of nitriles is 1. The quantitative estimate of drug-likeness (QED) is 0.893. The first-order chi connectivity index (χ1) is 11.3. The van der Waals surface area contributed by atoms with Crippen molar-refractivity contribution in [3.63, 3.8) is 0 Å². The predicted molar refractivity (Wildman–Crippen MR) is 78.9 cm³/mol. The number of hydrogen-bond donors (Lipinski definition) is 1. The molecule has 24 heavy (non-hydrogen) atoms. The minimum absolute atomic E-state index is 0.100. The normalized spacial score (nSPS) is 26.8.